The van der Waals surface area contributed by atoms with Crippen LogP contribution in [0.2, 0.25) is 0 Å². The van der Waals surface area contributed by atoms with Crippen LogP contribution in [0.4, 0.5) is 5.82 Å². The Morgan fingerprint density at radius 3 is 2.72 bits per heavy atom. The maximum atomic E-state index is 11.1. The van der Waals surface area contributed by atoms with Crippen molar-refractivity contribution in [3.63, 3.8) is 0 Å². The van der Waals surface area contributed by atoms with Crippen LogP contribution in [-0.4, -0.2) is 38.0 Å². The van der Waals surface area contributed by atoms with Gasteiger partial charge in [-0.2, -0.15) is 8.42 Å². The van der Waals surface area contributed by atoms with Crippen molar-refractivity contribution in [1.29, 1.82) is 0 Å². The van der Waals surface area contributed by atoms with Crippen LogP contribution in [0.1, 0.15) is 11.7 Å². The van der Waals surface area contributed by atoms with Gasteiger partial charge in [-0.05, 0) is 4.92 Å². The molecule has 0 aromatic carbocycles. The lowest BCUT2D eigenvalue weighted by atomic mass is 10.4. The fourth-order valence-electron chi connectivity index (χ4n) is 1.29. The summed E-state index contributed by atoms with van der Waals surface area (Å²) in [6.45, 7) is 0. The molecular formula is C7H5N5O5S. The van der Waals surface area contributed by atoms with Gasteiger partial charge in [-0.1, -0.05) is 0 Å². The van der Waals surface area contributed by atoms with Gasteiger partial charge in [-0.25, -0.2) is 9.55 Å². The first kappa shape index (κ1) is 11.9. The fourth-order valence-corrected chi connectivity index (χ4v) is 1.86. The Hall–Kier alpha value is -2.56. The van der Waals surface area contributed by atoms with Crippen molar-refractivity contribution < 1.29 is 17.8 Å². The Labute approximate surface area is 101 Å². The minimum absolute atomic E-state index is 0.153. The van der Waals surface area contributed by atoms with Crippen LogP contribution >= 0.6 is 0 Å². The Morgan fingerprint density at radius 1 is 1.56 bits per heavy atom. The first-order valence-corrected chi connectivity index (χ1v) is 5.49. The van der Waals surface area contributed by atoms with Crippen LogP contribution in [-0.2, 0) is 17.3 Å². The van der Waals surface area contributed by atoms with Crippen LogP contribution in [0.25, 0.3) is 0 Å². The molecule has 0 saturated heterocycles. The zero-order valence-electron chi connectivity index (χ0n) is 8.84. The van der Waals surface area contributed by atoms with Crippen molar-refractivity contribution in [2.45, 2.75) is 0 Å². The van der Waals surface area contributed by atoms with Gasteiger partial charge in [-0.15, -0.1) is 10.2 Å². The average molecular weight is 271 g/mol. The van der Waals surface area contributed by atoms with E-state index >= 15 is 0 Å². The van der Waals surface area contributed by atoms with Gasteiger partial charge in [0, 0.05) is 0 Å². The lowest BCUT2D eigenvalue weighted by Gasteiger charge is -1.96. The number of nitro groups is 1. The van der Waals surface area contributed by atoms with Gasteiger partial charge in [-0.3, -0.25) is 0 Å². The third-order valence-corrected chi connectivity index (χ3v) is 2.77. The largest absolute Gasteiger partial charge is 0.422 e. The molecule has 0 unspecified atom stereocenters. The summed E-state index contributed by atoms with van der Waals surface area (Å²) in [5, 5.41) is 17.4. The number of rotatable bonds is 3. The number of hydrogen-bond acceptors (Lipinski definition) is 8. The maximum Gasteiger partial charge on any atom is 0.342 e. The molecule has 0 aliphatic carbocycles. The van der Waals surface area contributed by atoms with E-state index in [0.29, 0.717) is 0 Å². The molecule has 2 aromatic heterocycles. The summed E-state index contributed by atoms with van der Waals surface area (Å²) in [5.41, 5.74) is 0. The van der Waals surface area contributed by atoms with Gasteiger partial charge in [0.1, 0.15) is 6.20 Å². The zero-order chi connectivity index (χ0) is 13.3. The first-order chi connectivity index (χ1) is 8.52. The summed E-state index contributed by atoms with van der Waals surface area (Å²) >= 11 is 0. The molecule has 0 aliphatic rings. The normalized spacial score (nSPS) is 10.3. The topological polar surface area (TPSA) is 134 Å². The van der Waals surface area contributed by atoms with Gasteiger partial charge in [0.15, 0.2) is 0 Å². The second-order valence-electron chi connectivity index (χ2n) is 3.06. The minimum atomic E-state index is -2.73. The summed E-state index contributed by atoms with van der Waals surface area (Å²) < 4.78 is 28.1. The zero-order valence-corrected chi connectivity index (χ0v) is 9.66. The van der Waals surface area contributed by atoms with E-state index < -0.39 is 20.1 Å². The van der Waals surface area contributed by atoms with Crippen molar-refractivity contribution in [2.24, 2.45) is 7.05 Å². The van der Waals surface area contributed by atoms with E-state index in [-0.39, 0.29) is 17.5 Å². The molecule has 0 saturated carbocycles. The molecule has 94 valence electrons. The summed E-state index contributed by atoms with van der Waals surface area (Å²) in [6.07, 6.45) is 1.89. The molecule has 0 N–H and O–H groups in total. The van der Waals surface area contributed by atoms with Crippen molar-refractivity contribution in [3.8, 4) is 0 Å². The minimum Gasteiger partial charge on any atom is -0.422 e. The Morgan fingerprint density at radius 2 is 2.28 bits per heavy atom. The second-order valence-corrected chi connectivity index (χ2v) is 3.94. The lowest BCUT2D eigenvalue weighted by molar-refractivity contribution is -0.391. The van der Waals surface area contributed by atoms with Crippen LogP contribution < -0.4 is 0 Å². The Kier molecular flexibility index (Phi) is 2.89. The number of aromatic nitrogens is 4. The standard InChI is InChI=1S/C7H5N5O5S/c1-11-4(12(13)14)2-8-6(11)5(18(15)16)7-10-9-3-17-7/h2-3H,1H3. The highest BCUT2D eigenvalue weighted by Gasteiger charge is 2.26. The molecule has 10 nitrogen and oxygen atoms in total. The summed E-state index contributed by atoms with van der Waals surface area (Å²) in [7, 11) is -1.42. The smallest absolute Gasteiger partial charge is 0.342 e. The lowest BCUT2D eigenvalue weighted by Crippen LogP contribution is -2.13. The van der Waals surface area contributed by atoms with Gasteiger partial charge >= 0.3 is 5.82 Å². The van der Waals surface area contributed by atoms with Crippen LogP contribution in [0.3, 0.4) is 0 Å². The van der Waals surface area contributed by atoms with Gasteiger partial charge in [0.2, 0.25) is 27.4 Å². The molecule has 2 heterocycles. The quantitative estimate of drug-likeness (QED) is 0.305. The maximum absolute atomic E-state index is 11.1. The summed E-state index contributed by atoms with van der Waals surface area (Å²) in [5.74, 6) is -0.793. The highest BCUT2D eigenvalue weighted by Crippen LogP contribution is 2.14. The van der Waals surface area contributed by atoms with E-state index in [1.165, 1.54) is 7.05 Å². The molecule has 0 spiro atoms. The third-order valence-electron chi connectivity index (χ3n) is 2.07. The second kappa shape index (κ2) is 4.37. The molecule has 0 fully saturated rings. The summed E-state index contributed by atoms with van der Waals surface area (Å²) in [6, 6.07) is 0. The van der Waals surface area contributed by atoms with E-state index in [1.54, 1.807) is 0 Å². The van der Waals surface area contributed by atoms with Crippen molar-refractivity contribution in [2.75, 3.05) is 0 Å². The number of nitrogens with zero attached hydrogens (tertiary/aromatic N) is 5. The molecule has 2 aromatic rings. The molecular weight excluding hydrogens is 266 g/mol. The van der Waals surface area contributed by atoms with E-state index in [2.05, 4.69) is 15.2 Å². The molecule has 2 rings (SSSR count). The van der Waals surface area contributed by atoms with E-state index in [4.69, 9.17) is 4.42 Å². The van der Waals surface area contributed by atoms with E-state index in [1.807, 2.05) is 0 Å². The monoisotopic (exact) mass is 271 g/mol. The van der Waals surface area contributed by atoms with Gasteiger partial charge < -0.3 is 14.5 Å². The van der Waals surface area contributed by atoms with Gasteiger partial charge in [0.05, 0.1) is 7.05 Å². The van der Waals surface area contributed by atoms with Crippen LogP contribution in [0.15, 0.2) is 17.0 Å². The molecule has 18 heavy (non-hydrogen) atoms. The van der Waals surface area contributed by atoms with Crippen molar-refractivity contribution in [1.82, 2.24) is 19.7 Å². The SMILES string of the molecule is Cn1c([N+](=O)[O-])cnc1C(c1nnco1)=S(=O)=O. The molecule has 0 atom stereocenters. The highest BCUT2D eigenvalue weighted by molar-refractivity contribution is 7.73. The predicted molar refractivity (Wildman–Crippen MR) is 56.3 cm³/mol. The molecule has 0 amide bonds. The molecule has 11 heteroatoms. The highest BCUT2D eigenvalue weighted by atomic mass is 32.2. The van der Waals surface area contributed by atoms with Crippen molar-refractivity contribution in [3.05, 3.63) is 34.4 Å². The first-order valence-electron chi connectivity index (χ1n) is 4.41. The van der Waals surface area contributed by atoms with E-state index in [0.717, 1.165) is 17.2 Å². The Balaban J connectivity index is 2.68. The van der Waals surface area contributed by atoms with E-state index in [9.17, 15) is 18.5 Å². The van der Waals surface area contributed by atoms with Crippen molar-refractivity contribution >= 4 is 21.0 Å². The average Bonchev–Trinajstić information content (AvgIpc) is 2.90. The summed E-state index contributed by atoms with van der Waals surface area (Å²) in [4.78, 5) is 13.2. The predicted octanol–water partition coefficient (Wildman–Crippen LogP) is -0.841. The fraction of sp³-hybridized carbons (Fsp3) is 0.143. The third kappa shape index (κ3) is 1.86. The Bertz CT molecular complexity index is 720. The number of hydrogen-bond donors (Lipinski definition) is 0. The number of imidazole rings is 1. The molecule has 0 bridgehead atoms. The van der Waals surface area contributed by atoms with Crippen LogP contribution in [0.5, 0.6) is 0 Å². The van der Waals surface area contributed by atoms with Gasteiger partial charge in [0.25, 0.3) is 5.89 Å². The molecule has 0 radical (unpaired) electrons. The molecule has 0 aliphatic heterocycles. The van der Waals surface area contributed by atoms with Crippen LogP contribution in [0, 0.1) is 10.1 Å².